The molecule has 8 nitrogen and oxygen atoms in total. The van der Waals surface area contributed by atoms with E-state index in [0.717, 1.165) is 16.3 Å². The molecule has 0 aliphatic rings. The predicted octanol–water partition coefficient (Wildman–Crippen LogP) is 0.726. The zero-order valence-electron chi connectivity index (χ0n) is 13.0. The van der Waals surface area contributed by atoms with Crippen LogP contribution in [0.5, 0.6) is 0 Å². The number of aromatic amines is 1. The molecule has 0 bridgehead atoms. The number of hydrogen-bond donors (Lipinski definition) is 1. The number of hydrogen-bond acceptors (Lipinski definition) is 7. The van der Waals surface area contributed by atoms with Crippen LogP contribution in [0.2, 0.25) is 0 Å². The Bertz CT molecular complexity index is 1060. The summed E-state index contributed by atoms with van der Waals surface area (Å²) in [7, 11) is 1.17. The zero-order valence-corrected chi connectivity index (χ0v) is 13.8. The van der Waals surface area contributed by atoms with Gasteiger partial charge >= 0.3 is 6.18 Å². The van der Waals surface area contributed by atoms with E-state index in [4.69, 9.17) is 0 Å². The lowest BCUT2D eigenvalue weighted by atomic mass is 10.1. The first-order chi connectivity index (χ1) is 12.2. The molecule has 2 heterocycles. The Kier molecular flexibility index (Phi) is 4.44. The molecule has 0 aliphatic carbocycles. The van der Waals surface area contributed by atoms with E-state index in [-0.39, 0.29) is 33.2 Å². The first-order valence-corrected chi connectivity index (χ1v) is 7.99. The molecule has 3 aromatic rings. The minimum Gasteiger partial charge on any atom is -0.545 e. The number of benzene rings is 1. The van der Waals surface area contributed by atoms with E-state index in [1.165, 1.54) is 25.2 Å². The van der Waals surface area contributed by atoms with Gasteiger partial charge < -0.3 is 19.5 Å². The van der Waals surface area contributed by atoms with E-state index in [0.29, 0.717) is 0 Å². The van der Waals surface area contributed by atoms with Crippen molar-refractivity contribution in [3.05, 3.63) is 45.8 Å². The number of carboxylic acids is 1. The van der Waals surface area contributed by atoms with Crippen LogP contribution < -0.4 is 10.7 Å². The van der Waals surface area contributed by atoms with Gasteiger partial charge in [0, 0.05) is 7.05 Å². The average Bonchev–Trinajstić information content (AvgIpc) is 2.93. The summed E-state index contributed by atoms with van der Waals surface area (Å²) < 4.78 is 38.9. The van der Waals surface area contributed by atoms with Gasteiger partial charge in [-0.3, -0.25) is 4.79 Å². The Morgan fingerprint density at radius 3 is 2.69 bits per heavy atom. The van der Waals surface area contributed by atoms with Gasteiger partial charge in [-0.15, -0.1) is 10.2 Å². The molecule has 3 rings (SSSR count). The normalized spacial score (nSPS) is 11.8. The highest BCUT2D eigenvalue weighted by molar-refractivity contribution is 7.98. The summed E-state index contributed by atoms with van der Waals surface area (Å²) in [6.07, 6.45) is -4.63. The molecule has 0 atom stereocenters. The van der Waals surface area contributed by atoms with Gasteiger partial charge in [-0.2, -0.15) is 13.2 Å². The van der Waals surface area contributed by atoms with E-state index >= 15 is 0 Å². The number of aromatic nitrogens is 5. The van der Waals surface area contributed by atoms with Gasteiger partial charge in [0.15, 0.2) is 5.16 Å². The number of nitrogens with one attached hydrogen (secondary N) is 1. The summed E-state index contributed by atoms with van der Waals surface area (Å²) in [6.45, 7) is 0. The molecule has 0 fully saturated rings. The highest BCUT2D eigenvalue weighted by Gasteiger charge is 2.37. The first kappa shape index (κ1) is 17.9. The van der Waals surface area contributed by atoms with Gasteiger partial charge in [0.25, 0.3) is 5.56 Å². The minimum absolute atomic E-state index is 0.00452. The quantitative estimate of drug-likeness (QED) is 0.659. The number of alkyl halides is 3. The molecule has 26 heavy (non-hydrogen) atoms. The van der Waals surface area contributed by atoms with Gasteiger partial charge in [0.05, 0.1) is 22.6 Å². The molecule has 0 amide bonds. The fraction of sp³-hybridized carbons (Fsp3) is 0.214. The second kappa shape index (κ2) is 6.44. The molecule has 2 aromatic heterocycles. The molecule has 0 saturated carbocycles. The Labute approximate surface area is 147 Å². The van der Waals surface area contributed by atoms with E-state index in [1.807, 2.05) is 0 Å². The molecule has 12 heteroatoms. The molecule has 136 valence electrons. The van der Waals surface area contributed by atoms with Crippen molar-refractivity contribution >= 4 is 28.6 Å². The highest BCUT2D eigenvalue weighted by atomic mass is 32.2. The zero-order chi connectivity index (χ0) is 19.1. The largest absolute Gasteiger partial charge is 0.545 e. The molecule has 0 aliphatic heterocycles. The second-order valence-corrected chi connectivity index (χ2v) is 6.13. The van der Waals surface area contributed by atoms with Gasteiger partial charge in [-0.05, 0) is 17.7 Å². The summed E-state index contributed by atoms with van der Waals surface area (Å²) in [5.41, 5.74) is -0.498. The van der Waals surface area contributed by atoms with Crippen molar-refractivity contribution in [3.63, 3.8) is 0 Å². The number of carbonyl (C=O) groups excluding carboxylic acids is 1. The van der Waals surface area contributed by atoms with Crippen LogP contribution in [-0.4, -0.2) is 30.7 Å². The van der Waals surface area contributed by atoms with Crippen LogP contribution in [0.4, 0.5) is 13.2 Å². The number of H-pyrrole nitrogens is 1. The monoisotopic (exact) mass is 384 g/mol. The van der Waals surface area contributed by atoms with Gasteiger partial charge in [-0.1, -0.05) is 17.8 Å². The first-order valence-electron chi connectivity index (χ1n) is 7.00. The third-order valence-corrected chi connectivity index (χ3v) is 4.45. The SMILES string of the molecule is Cn1c(SCc2nc3cc(C(=O)[O-])ccc3c(=O)[nH]2)nnc1C(F)(F)F. The van der Waals surface area contributed by atoms with Crippen molar-refractivity contribution in [2.45, 2.75) is 17.1 Å². The highest BCUT2D eigenvalue weighted by Crippen LogP contribution is 2.30. The summed E-state index contributed by atoms with van der Waals surface area (Å²) in [5, 5.41) is 17.6. The van der Waals surface area contributed by atoms with Crippen LogP contribution in [0.1, 0.15) is 22.0 Å². The molecule has 0 spiro atoms. The van der Waals surface area contributed by atoms with Crippen molar-refractivity contribution in [1.82, 2.24) is 24.7 Å². The van der Waals surface area contributed by atoms with Crippen LogP contribution in [0.3, 0.4) is 0 Å². The number of fused-ring (bicyclic) bond motifs is 1. The van der Waals surface area contributed by atoms with E-state index in [2.05, 4.69) is 20.2 Å². The summed E-state index contributed by atoms with van der Waals surface area (Å²) in [4.78, 5) is 29.6. The Morgan fingerprint density at radius 1 is 1.35 bits per heavy atom. The fourth-order valence-electron chi connectivity index (χ4n) is 2.20. The number of nitrogens with zero attached hydrogens (tertiary/aromatic N) is 4. The Hall–Kier alpha value is -2.89. The minimum atomic E-state index is -4.63. The summed E-state index contributed by atoms with van der Waals surface area (Å²) in [5.74, 6) is -2.40. The fourth-order valence-corrected chi connectivity index (χ4v) is 2.98. The number of carbonyl (C=O) groups is 1. The van der Waals surface area contributed by atoms with Crippen molar-refractivity contribution in [3.8, 4) is 0 Å². The molecule has 0 saturated heterocycles. The van der Waals surface area contributed by atoms with Crippen LogP contribution in [0.25, 0.3) is 10.9 Å². The standard InChI is InChI=1S/C14H10F3N5O3S/c1-22-12(14(15,16)17)20-21-13(22)26-5-9-18-8-4-6(11(24)25)2-3-7(8)10(23)19-9/h2-4H,5H2,1H3,(H,24,25)(H,18,19,23)/p-1. The molecular weight excluding hydrogens is 375 g/mol. The smallest absolute Gasteiger partial charge is 0.451 e. The third kappa shape index (κ3) is 3.40. The maximum atomic E-state index is 12.7. The Balaban J connectivity index is 1.89. The molecule has 1 N–H and O–H groups in total. The lowest BCUT2D eigenvalue weighted by Crippen LogP contribution is -2.22. The topological polar surface area (TPSA) is 117 Å². The van der Waals surface area contributed by atoms with Crippen molar-refractivity contribution in [2.24, 2.45) is 7.05 Å². The summed E-state index contributed by atoms with van der Waals surface area (Å²) in [6, 6.07) is 3.72. The van der Waals surface area contributed by atoms with Crippen LogP contribution in [0, 0.1) is 0 Å². The molecule has 1 aromatic carbocycles. The van der Waals surface area contributed by atoms with Crippen LogP contribution in [-0.2, 0) is 19.0 Å². The molecule has 0 unspecified atom stereocenters. The van der Waals surface area contributed by atoms with Crippen LogP contribution in [0.15, 0.2) is 28.2 Å². The van der Waals surface area contributed by atoms with Gasteiger partial charge in [0.2, 0.25) is 5.82 Å². The van der Waals surface area contributed by atoms with E-state index in [1.54, 1.807) is 0 Å². The number of carboxylic acid groups (broad SMARTS) is 1. The van der Waals surface area contributed by atoms with Gasteiger partial charge in [-0.25, -0.2) is 4.98 Å². The molecule has 0 radical (unpaired) electrons. The van der Waals surface area contributed by atoms with E-state index in [9.17, 15) is 27.9 Å². The van der Waals surface area contributed by atoms with Gasteiger partial charge in [0.1, 0.15) is 5.82 Å². The third-order valence-electron chi connectivity index (χ3n) is 3.42. The Morgan fingerprint density at radius 2 is 2.08 bits per heavy atom. The number of halogens is 3. The number of aromatic carboxylic acids is 1. The lowest BCUT2D eigenvalue weighted by Gasteiger charge is -2.07. The maximum Gasteiger partial charge on any atom is 0.451 e. The van der Waals surface area contributed by atoms with Crippen molar-refractivity contribution < 1.29 is 23.1 Å². The number of thioether (sulfide) groups is 1. The van der Waals surface area contributed by atoms with Crippen LogP contribution >= 0.6 is 11.8 Å². The average molecular weight is 384 g/mol. The van der Waals surface area contributed by atoms with Crippen molar-refractivity contribution in [2.75, 3.05) is 0 Å². The molecular formula is C14H9F3N5O3S-. The van der Waals surface area contributed by atoms with E-state index < -0.39 is 23.5 Å². The summed E-state index contributed by atoms with van der Waals surface area (Å²) >= 11 is 0.893. The predicted molar refractivity (Wildman–Crippen MR) is 82.3 cm³/mol. The second-order valence-electron chi connectivity index (χ2n) is 5.18. The number of rotatable bonds is 4. The maximum absolute atomic E-state index is 12.7. The van der Waals surface area contributed by atoms with Crippen molar-refractivity contribution in [1.29, 1.82) is 0 Å². The lowest BCUT2D eigenvalue weighted by molar-refractivity contribution is -0.255.